The molecular formula is C22H20N6O2S. The number of hydrogen-bond acceptors (Lipinski definition) is 6. The summed E-state index contributed by atoms with van der Waals surface area (Å²) in [6.07, 6.45) is 0. The van der Waals surface area contributed by atoms with Crippen LogP contribution in [0.1, 0.15) is 13.8 Å². The Morgan fingerprint density at radius 1 is 0.935 bits per heavy atom. The molecule has 2 amide bonds. The number of nitrogens with zero attached hydrogens (tertiary/aromatic N) is 4. The number of amides is 2. The van der Waals surface area contributed by atoms with Gasteiger partial charge in [-0.05, 0) is 58.5 Å². The molecule has 1 heterocycles. The summed E-state index contributed by atoms with van der Waals surface area (Å²) < 4.78 is 1.54. The minimum atomic E-state index is -0.435. The van der Waals surface area contributed by atoms with Gasteiger partial charge in [0.05, 0.1) is 10.9 Å². The summed E-state index contributed by atoms with van der Waals surface area (Å²) in [5.74, 6) is -0.315. The van der Waals surface area contributed by atoms with E-state index in [9.17, 15) is 9.59 Å². The topological polar surface area (TPSA) is 102 Å². The van der Waals surface area contributed by atoms with Gasteiger partial charge in [0, 0.05) is 18.3 Å². The number of rotatable bonds is 6. The van der Waals surface area contributed by atoms with E-state index in [0.717, 1.165) is 16.5 Å². The Bertz CT molecular complexity index is 1260. The fourth-order valence-electron chi connectivity index (χ4n) is 3.06. The van der Waals surface area contributed by atoms with Crippen molar-refractivity contribution in [1.29, 1.82) is 0 Å². The second-order valence-corrected chi connectivity index (χ2v) is 8.22. The molecule has 4 rings (SSSR count). The lowest BCUT2D eigenvalue weighted by atomic mass is 10.1. The quantitative estimate of drug-likeness (QED) is 0.448. The van der Waals surface area contributed by atoms with Crippen LogP contribution in [0.2, 0.25) is 0 Å². The van der Waals surface area contributed by atoms with E-state index in [-0.39, 0.29) is 11.8 Å². The van der Waals surface area contributed by atoms with E-state index in [1.54, 1.807) is 25.1 Å². The second kappa shape index (κ2) is 8.97. The smallest absolute Gasteiger partial charge is 0.237 e. The Labute approximate surface area is 183 Å². The highest BCUT2D eigenvalue weighted by atomic mass is 32.2. The third-order valence-electron chi connectivity index (χ3n) is 4.52. The van der Waals surface area contributed by atoms with Crippen LogP contribution in [0.15, 0.2) is 71.9 Å². The van der Waals surface area contributed by atoms with E-state index >= 15 is 0 Å². The molecule has 2 N–H and O–H groups in total. The predicted octanol–water partition coefficient (Wildman–Crippen LogP) is 3.89. The van der Waals surface area contributed by atoms with Crippen LogP contribution in [-0.4, -0.2) is 37.3 Å². The van der Waals surface area contributed by atoms with Crippen LogP contribution in [0.5, 0.6) is 0 Å². The predicted molar refractivity (Wildman–Crippen MR) is 121 cm³/mol. The Balaban J connectivity index is 1.47. The van der Waals surface area contributed by atoms with Crippen LogP contribution in [0.3, 0.4) is 0 Å². The largest absolute Gasteiger partial charge is 0.326 e. The van der Waals surface area contributed by atoms with Gasteiger partial charge in [0.15, 0.2) is 0 Å². The zero-order chi connectivity index (χ0) is 21.8. The number of thioether (sulfide) groups is 1. The molecule has 4 aromatic rings. The van der Waals surface area contributed by atoms with Gasteiger partial charge in [0.2, 0.25) is 17.0 Å². The lowest BCUT2D eigenvalue weighted by Gasteiger charge is -2.12. The van der Waals surface area contributed by atoms with Crippen molar-refractivity contribution in [3.63, 3.8) is 0 Å². The average Bonchev–Trinajstić information content (AvgIpc) is 3.21. The van der Waals surface area contributed by atoms with Crippen LogP contribution in [-0.2, 0) is 9.59 Å². The molecule has 0 bridgehead atoms. The number of fused-ring (bicyclic) bond motifs is 1. The number of anilines is 2. The average molecular weight is 433 g/mol. The third-order valence-corrected chi connectivity index (χ3v) is 5.55. The Morgan fingerprint density at radius 2 is 1.71 bits per heavy atom. The number of carbonyl (C=O) groups is 2. The maximum atomic E-state index is 12.7. The maximum Gasteiger partial charge on any atom is 0.237 e. The third kappa shape index (κ3) is 4.89. The number of aromatic nitrogens is 4. The normalized spacial score (nSPS) is 11.8. The lowest BCUT2D eigenvalue weighted by Crippen LogP contribution is -2.22. The molecule has 0 saturated heterocycles. The maximum absolute atomic E-state index is 12.7. The molecular weight excluding hydrogens is 412 g/mol. The van der Waals surface area contributed by atoms with E-state index in [2.05, 4.69) is 26.2 Å². The van der Waals surface area contributed by atoms with Gasteiger partial charge < -0.3 is 10.6 Å². The first-order valence-corrected chi connectivity index (χ1v) is 10.5. The lowest BCUT2D eigenvalue weighted by molar-refractivity contribution is -0.115. The number of nitrogens with one attached hydrogen (secondary N) is 2. The van der Waals surface area contributed by atoms with Crippen molar-refractivity contribution in [2.24, 2.45) is 0 Å². The van der Waals surface area contributed by atoms with Crippen molar-refractivity contribution in [2.45, 2.75) is 24.3 Å². The van der Waals surface area contributed by atoms with Crippen molar-refractivity contribution >= 4 is 45.7 Å². The number of carbonyl (C=O) groups excluding carboxylic acids is 2. The summed E-state index contributed by atoms with van der Waals surface area (Å²) in [6, 6.07) is 21.0. The molecule has 0 radical (unpaired) electrons. The van der Waals surface area contributed by atoms with Gasteiger partial charge >= 0.3 is 0 Å². The van der Waals surface area contributed by atoms with Gasteiger partial charge in [-0.3, -0.25) is 9.59 Å². The molecule has 0 spiro atoms. The van der Waals surface area contributed by atoms with Gasteiger partial charge in [0.1, 0.15) is 0 Å². The molecule has 156 valence electrons. The molecule has 1 unspecified atom stereocenters. The molecule has 0 aliphatic carbocycles. The summed E-state index contributed by atoms with van der Waals surface area (Å²) in [5, 5.41) is 19.7. The molecule has 0 saturated carbocycles. The monoisotopic (exact) mass is 432 g/mol. The van der Waals surface area contributed by atoms with Gasteiger partial charge in [0.25, 0.3) is 0 Å². The Hall–Kier alpha value is -3.72. The van der Waals surface area contributed by atoms with Crippen LogP contribution >= 0.6 is 11.8 Å². The minimum absolute atomic E-state index is 0.151. The molecule has 8 nitrogen and oxygen atoms in total. The molecule has 0 fully saturated rings. The first-order valence-electron chi connectivity index (χ1n) is 9.62. The van der Waals surface area contributed by atoms with Gasteiger partial charge in [-0.2, -0.15) is 4.68 Å². The van der Waals surface area contributed by atoms with Crippen molar-refractivity contribution in [2.75, 3.05) is 10.6 Å². The van der Waals surface area contributed by atoms with Crippen LogP contribution in [0.4, 0.5) is 11.4 Å². The Morgan fingerprint density at radius 3 is 2.52 bits per heavy atom. The molecule has 1 aromatic heterocycles. The van der Waals surface area contributed by atoms with E-state index in [1.165, 1.54) is 23.4 Å². The summed E-state index contributed by atoms with van der Waals surface area (Å²) in [5.41, 5.74) is 2.05. The van der Waals surface area contributed by atoms with Crippen LogP contribution < -0.4 is 10.6 Å². The first-order chi connectivity index (χ1) is 15.0. The van der Waals surface area contributed by atoms with Crippen molar-refractivity contribution < 1.29 is 9.59 Å². The minimum Gasteiger partial charge on any atom is -0.326 e. The molecule has 3 aromatic carbocycles. The van der Waals surface area contributed by atoms with Crippen molar-refractivity contribution in [1.82, 2.24) is 20.2 Å². The molecule has 1 atom stereocenters. The molecule has 31 heavy (non-hydrogen) atoms. The molecule has 9 heteroatoms. The first kappa shape index (κ1) is 20.5. The van der Waals surface area contributed by atoms with E-state index in [0.29, 0.717) is 16.5 Å². The second-order valence-electron chi connectivity index (χ2n) is 6.92. The van der Waals surface area contributed by atoms with Gasteiger partial charge in [-0.25, -0.2) is 0 Å². The van der Waals surface area contributed by atoms with Gasteiger partial charge in [-0.1, -0.05) is 48.2 Å². The SMILES string of the molecule is CC(=O)Nc1cccc(-n2nnnc2SC(C)C(=O)Nc2ccc3ccccc3c2)c1. The highest BCUT2D eigenvalue weighted by molar-refractivity contribution is 8.00. The van der Waals surface area contributed by atoms with Crippen molar-refractivity contribution in [3.8, 4) is 5.69 Å². The standard InChI is InChI=1S/C22H20N6O2S/c1-14(21(30)24-19-11-10-16-6-3-4-7-17(16)12-19)31-22-25-26-27-28(22)20-9-5-8-18(13-20)23-15(2)29/h3-14H,1-2H3,(H,23,29)(H,24,30). The van der Waals surface area contributed by atoms with Crippen molar-refractivity contribution in [3.05, 3.63) is 66.7 Å². The summed E-state index contributed by atoms with van der Waals surface area (Å²) in [6.45, 7) is 3.24. The van der Waals surface area contributed by atoms with Crippen LogP contribution in [0.25, 0.3) is 16.5 Å². The Kier molecular flexibility index (Phi) is 5.94. The highest BCUT2D eigenvalue weighted by Gasteiger charge is 2.19. The van der Waals surface area contributed by atoms with Crippen LogP contribution in [0, 0.1) is 0 Å². The molecule has 0 aliphatic rings. The van der Waals surface area contributed by atoms with Gasteiger partial charge in [-0.15, -0.1) is 5.10 Å². The molecule has 0 aliphatic heterocycles. The zero-order valence-corrected chi connectivity index (χ0v) is 17.8. The summed E-state index contributed by atoms with van der Waals surface area (Å²) in [7, 11) is 0. The van der Waals surface area contributed by atoms with E-state index in [1.807, 2.05) is 48.5 Å². The number of tetrazole rings is 1. The summed E-state index contributed by atoms with van der Waals surface area (Å²) >= 11 is 1.25. The fourth-order valence-corrected chi connectivity index (χ4v) is 3.86. The van der Waals surface area contributed by atoms with E-state index in [4.69, 9.17) is 0 Å². The number of hydrogen-bond donors (Lipinski definition) is 2. The summed E-state index contributed by atoms with van der Waals surface area (Å²) in [4.78, 5) is 24.1. The highest BCUT2D eigenvalue weighted by Crippen LogP contribution is 2.26. The fraction of sp³-hybridized carbons (Fsp3) is 0.136. The van der Waals surface area contributed by atoms with E-state index < -0.39 is 5.25 Å². The number of benzene rings is 3. The zero-order valence-electron chi connectivity index (χ0n) is 16.9.